The van der Waals surface area contributed by atoms with Crippen molar-refractivity contribution in [1.29, 1.82) is 0 Å². The van der Waals surface area contributed by atoms with E-state index < -0.39 is 4.92 Å². The van der Waals surface area contributed by atoms with Gasteiger partial charge in [-0.15, -0.1) is 0 Å². The van der Waals surface area contributed by atoms with Crippen molar-refractivity contribution in [3.63, 3.8) is 0 Å². The number of aromatic nitrogens is 2. The molecule has 1 aromatic heterocycles. The van der Waals surface area contributed by atoms with E-state index in [-0.39, 0.29) is 17.8 Å². The average molecular weight is 357 g/mol. The molecule has 1 saturated heterocycles. The number of ether oxygens (including phenoxy) is 1. The summed E-state index contributed by atoms with van der Waals surface area (Å²) in [6, 6.07) is 8.29. The lowest BCUT2D eigenvalue weighted by Crippen LogP contribution is -2.47. The van der Waals surface area contributed by atoms with E-state index in [1.807, 2.05) is 13.0 Å². The predicted molar refractivity (Wildman–Crippen MR) is 99.2 cm³/mol. The lowest BCUT2D eigenvalue weighted by atomic mass is 10.1. The van der Waals surface area contributed by atoms with E-state index in [9.17, 15) is 10.1 Å². The topological polar surface area (TPSA) is 93.4 Å². The van der Waals surface area contributed by atoms with Crippen LogP contribution in [0.15, 0.2) is 30.3 Å². The van der Waals surface area contributed by atoms with Crippen molar-refractivity contribution in [2.24, 2.45) is 0 Å². The van der Waals surface area contributed by atoms with Crippen molar-refractivity contribution in [3.05, 3.63) is 46.1 Å². The van der Waals surface area contributed by atoms with Gasteiger partial charge >= 0.3 is 0 Å². The van der Waals surface area contributed by atoms with Crippen LogP contribution in [0.25, 0.3) is 11.4 Å². The number of nitrogens with zero attached hydrogens (tertiary/aromatic N) is 4. The number of aryl methyl sites for hydroxylation is 1. The van der Waals surface area contributed by atoms with Gasteiger partial charge in [0, 0.05) is 42.5 Å². The SMILES string of the molecule is Cc1cc(NC(C)C2CN(C)CCO2)nc(-c2cccc([N+](=O)[O-])c2)n1. The summed E-state index contributed by atoms with van der Waals surface area (Å²) in [7, 11) is 2.08. The largest absolute Gasteiger partial charge is 0.373 e. The Morgan fingerprint density at radius 1 is 1.38 bits per heavy atom. The van der Waals surface area contributed by atoms with Crippen LogP contribution in [0.3, 0.4) is 0 Å². The van der Waals surface area contributed by atoms with Crippen LogP contribution < -0.4 is 5.32 Å². The highest BCUT2D eigenvalue weighted by molar-refractivity contribution is 5.61. The summed E-state index contributed by atoms with van der Waals surface area (Å²) in [6.45, 7) is 6.45. The number of non-ortho nitro benzene ring substituents is 1. The fourth-order valence-corrected chi connectivity index (χ4v) is 2.97. The lowest BCUT2D eigenvalue weighted by Gasteiger charge is -2.34. The molecule has 0 amide bonds. The Balaban J connectivity index is 1.81. The van der Waals surface area contributed by atoms with Crippen LogP contribution >= 0.6 is 0 Å². The first-order valence-electron chi connectivity index (χ1n) is 8.59. The van der Waals surface area contributed by atoms with Gasteiger partial charge in [-0.25, -0.2) is 9.97 Å². The Bertz CT molecular complexity index is 798. The molecule has 2 atom stereocenters. The minimum absolute atomic E-state index is 0.0223. The molecule has 0 bridgehead atoms. The Kier molecular flexibility index (Phi) is 5.43. The summed E-state index contributed by atoms with van der Waals surface area (Å²) < 4.78 is 5.85. The second-order valence-electron chi connectivity index (χ2n) is 6.63. The van der Waals surface area contributed by atoms with Crippen molar-refractivity contribution < 1.29 is 9.66 Å². The Morgan fingerprint density at radius 2 is 2.19 bits per heavy atom. The summed E-state index contributed by atoms with van der Waals surface area (Å²) in [5.74, 6) is 1.15. The number of nitro groups is 1. The zero-order valence-corrected chi connectivity index (χ0v) is 15.2. The van der Waals surface area contributed by atoms with Crippen LogP contribution in [0.2, 0.25) is 0 Å². The number of nitrogens with one attached hydrogen (secondary N) is 1. The molecule has 2 heterocycles. The zero-order chi connectivity index (χ0) is 18.7. The highest BCUT2D eigenvalue weighted by atomic mass is 16.6. The molecule has 26 heavy (non-hydrogen) atoms. The molecule has 1 aromatic carbocycles. The van der Waals surface area contributed by atoms with Gasteiger partial charge in [-0.3, -0.25) is 10.1 Å². The van der Waals surface area contributed by atoms with Crippen molar-refractivity contribution >= 4 is 11.5 Å². The third kappa shape index (κ3) is 4.33. The Hall–Kier alpha value is -2.58. The maximum atomic E-state index is 11.0. The van der Waals surface area contributed by atoms with Crippen molar-refractivity contribution in [2.75, 3.05) is 32.1 Å². The van der Waals surface area contributed by atoms with Crippen molar-refractivity contribution in [1.82, 2.24) is 14.9 Å². The molecule has 0 saturated carbocycles. The van der Waals surface area contributed by atoms with Crippen LogP contribution in [0.4, 0.5) is 11.5 Å². The van der Waals surface area contributed by atoms with E-state index in [0.29, 0.717) is 17.2 Å². The van der Waals surface area contributed by atoms with E-state index in [1.165, 1.54) is 12.1 Å². The normalized spacial score (nSPS) is 19.1. The van der Waals surface area contributed by atoms with E-state index in [0.717, 1.165) is 25.4 Å². The molecular weight excluding hydrogens is 334 g/mol. The summed E-state index contributed by atoms with van der Waals surface area (Å²) >= 11 is 0. The lowest BCUT2D eigenvalue weighted by molar-refractivity contribution is -0.384. The molecule has 1 aliphatic rings. The van der Waals surface area contributed by atoms with Crippen LogP contribution in [-0.4, -0.2) is 58.7 Å². The number of rotatable bonds is 5. The standard InChI is InChI=1S/C18H23N5O3/c1-12-9-17(20-13(2)16-11-22(3)7-8-26-16)21-18(19-12)14-5-4-6-15(10-14)23(24)25/h4-6,9-10,13,16H,7-8,11H2,1-3H3,(H,19,20,21). The molecule has 0 radical (unpaired) electrons. The molecule has 1 N–H and O–H groups in total. The maximum absolute atomic E-state index is 11.0. The third-order valence-corrected chi connectivity index (χ3v) is 4.40. The Morgan fingerprint density at radius 3 is 2.92 bits per heavy atom. The van der Waals surface area contributed by atoms with Gasteiger partial charge in [-0.2, -0.15) is 0 Å². The average Bonchev–Trinajstić information content (AvgIpc) is 2.61. The van der Waals surface area contributed by atoms with Gasteiger partial charge in [-0.05, 0) is 20.9 Å². The summed E-state index contributed by atoms with van der Waals surface area (Å²) in [6.07, 6.45) is 0.0743. The van der Waals surface area contributed by atoms with Gasteiger partial charge in [0.15, 0.2) is 5.82 Å². The van der Waals surface area contributed by atoms with Gasteiger partial charge in [0.05, 0.1) is 23.7 Å². The van der Waals surface area contributed by atoms with Gasteiger partial charge < -0.3 is 15.0 Å². The van der Waals surface area contributed by atoms with Gasteiger partial charge in [0.1, 0.15) is 5.82 Å². The molecule has 2 unspecified atom stereocenters. The second-order valence-corrected chi connectivity index (χ2v) is 6.63. The molecule has 138 valence electrons. The molecule has 2 aromatic rings. The molecule has 0 aliphatic carbocycles. The number of hydrogen-bond donors (Lipinski definition) is 1. The molecule has 8 heteroatoms. The first kappa shape index (κ1) is 18.2. The molecule has 0 spiro atoms. The first-order valence-corrected chi connectivity index (χ1v) is 8.59. The van der Waals surface area contributed by atoms with Crippen molar-refractivity contribution in [2.45, 2.75) is 26.0 Å². The van der Waals surface area contributed by atoms with Gasteiger partial charge in [-0.1, -0.05) is 12.1 Å². The summed E-state index contributed by atoms with van der Waals surface area (Å²) in [5.41, 5.74) is 1.43. The quantitative estimate of drug-likeness (QED) is 0.649. The molecule has 1 aliphatic heterocycles. The minimum Gasteiger partial charge on any atom is -0.373 e. The monoisotopic (exact) mass is 357 g/mol. The van der Waals surface area contributed by atoms with Crippen LogP contribution in [0, 0.1) is 17.0 Å². The highest BCUT2D eigenvalue weighted by Gasteiger charge is 2.24. The number of morpholine rings is 1. The molecule has 3 rings (SSSR count). The van der Waals surface area contributed by atoms with E-state index >= 15 is 0 Å². The number of nitro benzene ring substituents is 1. The number of hydrogen-bond acceptors (Lipinski definition) is 7. The summed E-state index contributed by atoms with van der Waals surface area (Å²) in [5, 5.41) is 14.4. The zero-order valence-electron chi connectivity index (χ0n) is 15.2. The maximum Gasteiger partial charge on any atom is 0.270 e. The fraction of sp³-hybridized carbons (Fsp3) is 0.444. The van der Waals surface area contributed by atoms with Gasteiger partial charge in [0.2, 0.25) is 0 Å². The summed E-state index contributed by atoms with van der Waals surface area (Å²) in [4.78, 5) is 21.8. The van der Waals surface area contributed by atoms with E-state index in [4.69, 9.17) is 4.74 Å². The van der Waals surface area contributed by atoms with E-state index in [2.05, 4.69) is 34.2 Å². The van der Waals surface area contributed by atoms with Crippen LogP contribution in [-0.2, 0) is 4.74 Å². The highest BCUT2D eigenvalue weighted by Crippen LogP contribution is 2.23. The smallest absolute Gasteiger partial charge is 0.270 e. The van der Waals surface area contributed by atoms with Crippen LogP contribution in [0.5, 0.6) is 0 Å². The molecular formula is C18H23N5O3. The second kappa shape index (κ2) is 7.76. The van der Waals surface area contributed by atoms with Crippen LogP contribution in [0.1, 0.15) is 12.6 Å². The minimum atomic E-state index is -0.419. The van der Waals surface area contributed by atoms with Crippen molar-refractivity contribution in [3.8, 4) is 11.4 Å². The first-order chi connectivity index (χ1) is 12.4. The molecule has 8 nitrogen and oxygen atoms in total. The predicted octanol–water partition coefficient (Wildman–Crippen LogP) is 2.49. The number of benzene rings is 1. The Labute approximate surface area is 152 Å². The van der Waals surface area contributed by atoms with E-state index in [1.54, 1.807) is 12.1 Å². The third-order valence-electron chi connectivity index (χ3n) is 4.40. The number of likely N-dealkylation sites (N-methyl/N-ethyl adjacent to an activating group) is 1. The fourth-order valence-electron chi connectivity index (χ4n) is 2.97. The molecule has 1 fully saturated rings. The van der Waals surface area contributed by atoms with Gasteiger partial charge in [0.25, 0.3) is 5.69 Å². The number of anilines is 1.